The molecule has 3 unspecified atom stereocenters. The Morgan fingerprint density at radius 2 is 0.616 bits per heavy atom. The van der Waals surface area contributed by atoms with Crippen LogP contribution >= 0.6 is 0 Å². The number of aryl methyl sites for hydroxylation is 9. The molecule has 5 fully saturated rings. The van der Waals surface area contributed by atoms with E-state index in [-0.39, 0.29) is 49.1 Å². The Morgan fingerprint density at radius 3 is 1.02 bits per heavy atom. The van der Waals surface area contributed by atoms with Crippen molar-refractivity contribution < 1.29 is 39.4 Å². The van der Waals surface area contributed by atoms with Gasteiger partial charge >= 0.3 is 0 Å². The second-order valence-electron chi connectivity index (χ2n) is 42.2. The second kappa shape index (κ2) is 51.7. The summed E-state index contributed by atoms with van der Waals surface area (Å²) in [5.41, 5.74) is 35.2. The fourth-order valence-electron chi connectivity index (χ4n) is 22.8. The first kappa shape index (κ1) is 107. The van der Waals surface area contributed by atoms with Gasteiger partial charge in [-0.3, -0.25) is 0 Å². The first-order chi connectivity index (χ1) is 66.6. The van der Waals surface area contributed by atoms with Crippen LogP contribution in [0.25, 0.3) is 0 Å². The van der Waals surface area contributed by atoms with Crippen molar-refractivity contribution in [2.45, 2.75) is 331 Å². The van der Waals surface area contributed by atoms with Crippen molar-refractivity contribution in [3.05, 3.63) is 398 Å². The van der Waals surface area contributed by atoms with Gasteiger partial charge in [0.15, 0.2) is 0 Å². The van der Waals surface area contributed by atoms with Gasteiger partial charge in [0.05, 0.1) is 54.9 Å². The first-order valence-electron chi connectivity index (χ1n) is 52.4. The molecule has 0 bridgehead atoms. The molecule has 734 valence electrons. The van der Waals surface area contributed by atoms with E-state index in [4.69, 9.17) is 24.1 Å². The number of hydrogen-bond donors (Lipinski definition) is 4. The van der Waals surface area contributed by atoms with E-state index in [0.717, 1.165) is 63.0 Å². The summed E-state index contributed by atoms with van der Waals surface area (Å²) in [5.74, 6) is 9.16. The van der Waals surface area contributed by atoms with Crippen LogP contribution in [0.15, 0.2) is 243 Å². The number of aliphatic hydroxyl groups excluding tert-OH is 4. The number of rotatable bonds is 24. The Balaban J connectivity index is 0.000000163. The van der Waals surface area contributed by atoms with Crippen molar-refractivity contribution in [2.24, 2.45) is 17.8 Å². The van der Waals surface area contributed by atoms with Gasteiger partial charge in [-0.2, -0.15) is 0 Å². The number of ether oxygens (including phenoxy) is 4. The number of aliphatic hydroxyl groups is 4. The van der Waals surface area contributed by atoms with E-state index >= 15 is 0 Å². The maximum absolute atomic E-state index is 10.4. The molecule has 4 N–H and O–H groups in total. The zero-order valence-corrected chi connectivity index (χ0v) is 87.5. The van der Waals surface area contributed by atoms with Crippen molar-refractivity contribution in [3.8, 4) is 23.0 Å². The average Bonchev–Trinajstić information content (AvgIpc) is 0.741. The van der Waals surface area contributed by atoms with Crippen molar-refractivity contribution >= 4 is 0 Å². The third kappa shape index (κ3) is 27.5. The molecule has 0 aliphatic heterocycles. The van der Waals surface area contributed by atoms with Crippen LogP contribution in [0, 0.1) is 80.1 Å². The fraction of sp³-hybridized carbons (Fsp3) is 0.446. The standard InChI is InChI=1S/C36H46O3.C36H46O2.C32H34O2.C10H20.C8H10O.C8H10/c1-24-19-28(23-37)32(26-13-7-5-8-14-26)21-30(24)36(29-17-11-12-18-34(29)38-3)31-22-33(27-15-9-6-10-16-27)35(39-4)20-25(31)2;1-24-19-25(2)33(21-32(24)27-11-7-5-8-12-27)36(29-15-17-31(38-4)18-16-29)34-22-35(28-13-9-6-10-14-28)30(23-37)20-26(34)3;1-23-6-10-27(11-7-23)32(4,28-12-8-24(22-33)9-13-28)29-16-14-25(15-17-29)31(2,3)26-18-20-30(34-5)21-19-26;1-8(2)10-6-4-9(3)5-7-10;1-7-2-4-8(6-9)5-3-7;1-7-3-5-8(2)6-4-7/h11-12,17-22,26-27,36-37H,5-10,13-16,23H2,1-4H3;15-22,27-28,36-37H,5-14,23H2,1-4H3;6-21,33H,22H2,1-5H3;8-10H,4-7H2,1-3H3;2-5,9H,6H2,1H3;3-6H,1-2H3. The minimum absolute atomic E-state index is 0.0319. The predicted octanol–water partition coefficient (Wildman–Crippen LogP) is 32.9. The van der Waals surface area contributed by atoms with Crippen molar-refractivity contribution in [1.29, 1.82) is 0 Å². The van der Waals surface area contributed by atoms with Gasteiger partial charge in [0.25, 0.3) is 0 Å². The highest BCUT2D eigenvalue weighted by Gasteiger charge is 2.36. The zero-order chi connectivity index (χ0) is 98.6. The van der Waals surface area contributed by atoms with Gasteiger partial charge in [-0.25, -0.2) is 0 Å². The topological polar surface area (TPSA) is 118 Å². The fourth-order valence-corrected chi connectivity index (χ4v) is 22.8. The molecule has 3 atom stereocenters. The Hall–Kier alpha value is -10.3. The smallest absolute Gasteiger partial charge is 0.123 e. The number of hydrogen-bond acceptors (Lipinski definition) is 8. The van der Waals surface area contributed by atoms with Gasteiger partial charge in [-0.15, -0.1) is 0 Å². The summed E-state index contributed by atoms with van der Waals surface area (Å²) in [6.07, 6.45) is 31.7. The van der Waals surface area contributed by atoms with Crippen LogP contribution in [0.5, 0.6) is 23.0 Å². The van der Waals surface area contributed by atoms with E-state index in [1.165, 1.54) is 282 Å². The van der Waals surface area contributed by atoms with Crippen LogP contribution < -0.4 is 18.9 Å². The van der Waals surface area contributed by atoms with E-state index in [1.807, 2.05) is 62.6 Å². The van der Waals surface area contributed by atoms with Crippen LogP contribution in [0.4, 0.5) is 0 Å². The SMILES string of the molecule is CC1CCC(C(C)C)CC1.COc1cc(C)c(C(c2cc(C3CCCCC3)c(CO)cc2C)c2ccccc2OC)cc1C1CCCCC1.COc1ccc(C(C)(C)c2ccc(C(C)(c3ccc(C)cc3)c3ccc(CO)cc3)cc2)cc1.COc1ccc(C(c2cc(C3CCCCC3)c(C)cc2C)c2cc(C3CCCCC3)c(CO)cc2C)cc1.Cc1ccc(C)cc1.Cc1ccc(CO)cc1. The summed E-state index contributed by atoms with van der Waals surface area (Å²) in [6.45, 7) is 33.9. The summed E-state index contributed by atoms with van der Waals surface area (Å²) in [5, 5.41) is 38.9. The second-order valence-corrected chi connectivity index (χ2v) is 42.2. The normalized spacial score (nSPS) is 16.9. The monoisotopic (exact) mass is 1860 g/mol. The molecule has 138 heavy (non-hydrogen) atoms. The molecule has 0 aromatic heterocycles. The molecule has 5 aliphatic carbocycles. The third-order valence-corrected chi connectivity index (χ3v) is 31.9. The van der Waals surface area contributed by atoms with Gasteiger partial charge in [0, 0.05) is 28.2 Å². The molecule has 0 heterocycles. The Morgan fingerprint density at radius 1 is 0.290 bits per heavy atom. The maximum Gasteiger partial charge on any atom is 0.123 e. The summed E-state index contributed by atoms with van der Waals surface area (Å²) < 4.78 is 22.8. The van der Waals surface area contributed by atoms with Crippen LogP contribution in [0.2, 0.25) is 0 Å². The predicted molar refractivity (Wildman–Crippen MR) is 579 cm³/mol. The molecule has 12 aromatic carbocycles. The van der Waals surface area contributed by atoms with Gasteiger partial charge in [-0.05, 0) is 339 Å². The van der Waals surface area contributed by atoms with E-state index in [1.54, 1.807) is 26.9 Å². The largest absolute Gasteiger partial charge is 0.497 e. The molecule has 17 rings (SSSR count). The maximum atomic E-state index is 10.4. The molecule has 0 saturated heterocycles. The lowest BCUT2D eigenvalue weighted by Crippen LogP contribution is -2.26. The summed E-state index contributed by atoms with van der Waals surface area (Å²) in [4.78, 5) is 0. The number of para-hydroxylation sites is 1. The van der Waals surface area contributed by atoms with Crippen molar-refractivity contribution in [2.75, 3.05) is 28.4 Å². The molecule has 12 aromatic rings. The van der Waals surface area contributed by atoms with Crippen LogP contribution in [-0.2, 0) is 37.3 Å². The number of methoxy groups -OCH3 is 4. The Kier molecular flexibility index (Phi) is 39.9. The lowest BCUT2D eigenvalue weighted by molar-refractivity contribution is 0.234. The van der Waals surface area contributed by atoms with E-state index in [2.05, 4.69) is 291 Å². The van der Waals surface area contributed by atoms with Gasteiger partial charge in [0.1, 0.15) is 23.0 Å². The molecule has 5 saturated carbocycles. The third-order valence-electron chi connectivity index (χ3n) is 31.9. The summed E-state index contributed by atoms with van der Waals surface area (Å²) in [7, 11) is 7.02. The summed E-state index contributed by atoms with van der Waals surface area (Å²) >= 11 is 0. The number of benzene rings is 12. The van der Waals surface area contributed by atoms with Crippen molar-refractivity contribution in [3.63, 3.8) is 0 Å². The molecular formula is C130H166O8. The van der Waals surface area contributed by atoms with Crippen LogP contribution in [0.3, 0.4) is 0 Å². The van der Waals surface area contributed by atoms with Crippen LogP contribution in [0.1, 0.15) is 387 Å². The molecule has 0 radical (unpaired) electrons. The quantitative estimate of drug-likeness (QED) is 0.0442. The molecular weight excluding hydrogens is 1690 g/mol. The Labute approximate surface area is 832 Å². The molecule has 8 nitrogen and oxygen atoms in total. The minimum Gasteiger partial charge on any atom is -0.497 e. The van der Waals surface area contributed by atoms with Gasteiger partial charge < -0.3 is 39.4 Å². The Bertz CT molecular complexity index is 5620. The van der Waals surface area contributed by atoms with Gasteiger partial charge in [0.2, 0.25) is 0 Å². The highest BCUT2D eigenvalue weighted by molar-refractivity contribution is 5.60. The highest BCUT2D eigenvalue weighted by Crippen LogP contribution is 2.50. The van der Waals surface area contributed by atoms with E-state index in [0.29, 0.717) is 23.7 Å². The lowest BCUT2D eigenvalue weighted by Gasteiger charge is -2.33. The lowest BCUT2D eigenvalue weighted by atomic mass is 9.70. The first-order valence-corrected chi connectivity index (χ1v) is 52.4. The molecule has 0 spiro atoms. The van der Waals surface area contributed by atoms with Crippen molar-refractivity contribution in [1.82, 2.24) is 0 Å². The van der Waals surface area contributed by atoms with E-state index < -0.39 is 0 Å². The van der Waals surface area contributed by atoms with Crippen LogP contribution in [-0.4, -0.2) is 48.9 Å². The van der Waals surface area contributed by atoms with E-state index in [9.17, 15) is 15.3 Å². The molecule has 0 amide bonds. The van der Waals surface area contributed by atoms with Gasteiger partial charge in [-0.1, -0.05) is 353 Å². The molecule has 5 aliphatic rings. The summed E-state index contributed by atoms with van der Waals surface area (Å²) in [6, 6.07) is 87.2. The minimum atomic E-state index is -0.315. The average molecular weight is 1860 g/mol. The highest BCUT2D eigenvalue weighted by atomic mass is 16.5. The zero-order valence-electron chi connectivity index (χ0n) is 87.5. The molecule has 8 heteroatoms.